The Morgan fingerprint density at radius 2 is 1.76 bits per heavy atom. The zero-order valence-corrected chi connectivity index (χ0v) is 26.7. The van der Waals surface area contributed by atoms with E-state index in [9.17, 15) is 23.2 Å². The number of alkyl halides is 2. The van der Waals surface area contributed by atoms with Gasteiger partial charge in [-0.25, -0.2) is 8.78 Å². The molecule has 230 valence electrons. The predicted octanol–water partition coefficient (Wildman–Crippen LogP) is 8.14. The lowest BCUT2D eigenvalue weighted by Gasteiger charge is -2.08. The van der Waals surface area contributed by atoms with Gasteiger partial charge in [0.2, 0.25) is 12.3 Å². The molecule has 41 heavy (non-hydrogen) atoms. The van der Waals surface area contributed by atoms with Gasteiger partial charge in [0.05, 0.1) is 12.0 Å². The van der Waals surface area contributed by atoms with Gasteiger partial charge in [0.15, 0.2) is 5.78 Å². The van der Waals surface area contributed by atoms with E-state index in [4.69, 9.17) is 5.26 Å². The molecule has 7 heteroatoms. The Balaban J connectivity index is 0.000000541. The van der Waals surface area contributed by atoms with Crippen molar-refractivity contribution in [2.24, 2.45) is 29.1 Å². The zero-order chi connectivity index (χ0) is 31.8. The summed E-state index contributed by atoms with van der Waals surface area (Å²) in [6.45, 7) is 18.7. The van der Waals surface area contributed by atoms with E-state index in [1.807, 2.05) is 32.1 Å². The molecule has 5 nitrogen and oxygen atoms in total. The maximum Gasteiger partial charge on any atom is 0.235 e. The predicted molar refractivity (Wildman–Crippen MR) is 163 cm³/mol. The fourth-order valence-electron chi connectivity index (χ4n) is 5.77. The Bertz CT molecular complexity index is 1030. The highest BCUT2D eigenvalue weighted by Crippen LogP contribution is 2.61. The minimum absolute atomic E-state index is 0.0196. The van der Waals surface area contributed by atoms with Gasteiger partial charge in [-0.15, -0.1) is 0 Å². The second kappa shape index (κ2) is 19.3. The van der Waals surface area contributed by atoms with E-state index in [1.54, 1.807) is 6.92 Å². The van der Waals surface area contributed by atoms with Crippen LogP contribution in [-0.4, -0.2) is 30.9 Å². The van der Waals surface area contributed by atoms with Crippen molar-refractivity contribution in [2.75, 3.05) is 6.54 Å². The Hall–Kier alpha value is -2.88. The number of amides is 1. The second-order valence-corrected chi connectivity index (χ2v) is 11.2. The fourth-order valence-corrected chi connectivity index (χ4v) is 5.77. The molecule has 2 fully saturated rings. The van der Waals surface area contributed by atoms with Gasteiger partial charge in [0.25, 0.3) is 0 Å². The first-order valence-electron chi connectivity index (χ1n) is 15.0. The number of hydrogen-bond acceptors (Lipinski definition) is 4. The minimum atomic E-state index is -2.17. The van der Waals surface area contributed by atoms with Crippen LogP contribution in [0.2, 0.25) is 0 Å². The highest BCUT2D eigenvalue weighted by atomic mass is 19.3. The number of aryl methyl sites for hydroxylation is 1. The highest BCUT2D eigenvalue weighted by Gasteiger charge is 2.54. The van der Waals surface area contributed by atoms with Gasteiger partial charge in [-0.1, -0.05) is 72.6 Å². The van der Waals surface area contributed by atoms with Gasteiger partial charge in [-0.3, -0.25) is 9.59 Å². The van der Waals surface area contributed by atoms with Crippen molar-refractivity contribution in [2.45, 2.75) is 107 Å². The summed E-state index contributed by atoms with van der Waals surface area (Å²) in [6, 6.07) is 8.26. The summed E-state index contributed by atoms with van der Waals surface area (Å²) in [7, 11) is 0. The molecular formula is C34H52F2N2O3. The summed E-state index contributed by atoms with van der Waals surface area (Å²) in [5.74, 6) is 1.91. The number of halogens is 2. The molecule has 4 rings (SSSR count). The summed E-state index contributed by atoms with van der Waals surface area (Å²) in [5.41, 5.74) is 5.40. The third-order valence-electron chi connectivity index (χ3n) is 8.03. The smallest absolute Gasteiger partial charge is 0.235 e. The molecule has 1 aromatic rings. The van der Waals surface area contributed by atoms with Crippen molar-refractivity contribution >= 4 is 24.1 Å². The maximum atomic E-state index is 11.2. The monoisotopic (exact) mass is 574 g/mol. The number of rotatable bonds is 7. The van der Waals surface area contributed by atoms with Crippen LogP contribution >= 0.6 is 0 Å². The average Bonchev–Trinajstić information content (AvgIpc) is 3.25. The number of allylic oxidation sites excluding steroid dienone is 1. The van der Waals surface area contributed by atoms with E-state index in [2.05, 4.69) is 52.1 Å². The molecule has 0 spiro atoms. The fraction of sp³-hybridized carbons (Fsp3) is 0.647. The molecule has 4 atom stereocenters. The zero-order valence-electron chi connectivity index (χ0n) is 26.7. The number of Topliss-reactive ketones (excluding diaryl/α,β-unsaturated/α-hetero) is 1. The van der Waals surface area contributed by atoms with Gasteiger partial charge >= 0.3 is 0 Å². The minimum Gasteiger partial charge on any atom is -0.356 e. The van der Waals surface area contributed by atoms with Gasteiger partial charge < -0.3 is 10.1 Å². The number of nitrogens with zero attached hydrogens (tertiary/aromatic N) is 1. The van der Waals surface area contributed by atoms with Crippen LogP contribution in [0.3, 0.4) is 0 Å². The van der Waals surface area contributed by atoms with Crippen LogP contribution in [0.25, 0.3) is 6.08 Å². The molecule has 1 aromatic carbocycles. The Morgan fingerprint density at radius 1 is 1.20 bits per heavy atom. The summed E-state index contributed by atoms with van der Waals surface area (Å²) >= 11 is 0. The third kappa shape index (κ3) is 12.7. The van der Waals surface area contributed by atoms with Crippen LogP contribution in [0.4, 0.5) is 8.78 Å². The molecule has 3 aliphatic rings. The number of carbonyl (C=O) groups is 3. The maximum absolute atomic E-state index is 11.2. The van der Waals surface area contributed by atoms with Crippen molar-refractivity contribution in [3.63, 3.8) is 0 Å². The van der Waals surface area contributed by atoms with Crippen molar-refractivity contribution in [3.05, 3.63) is 40.5 Å². The van der Waals surface area contributed by atoms with E-state index in [1.165, 1.54) is 29.5 Å². The molecule has 1 saturated carbocycles. The molecule has 4 unspecified atom stereocenters. The van der Waals surface area contributed by atoms with E-state index in [-0.39, 0.29) is 29.9 Å². The van der Waals surface area contributed by atoms with Crippen LogP contribution in [0.15, 0.2) is 23.8 Å². The number of hydrogen-bond donors (Lipinski definition) is 1. The van der Waals surface area contributed by atoms with Crippen molar-refractivity contribution in [1.29, 1.82) is 5.26 Å². The standard InChI is InChI=1S/C12H12O.C9H12N2O2.C9H18.C2H4F2.C2H6/c1-8-4-3-5-10-6-11(9(2)13)7-12(8)10;10-6-7(2-4-12)5-8-1-3-11-9(8)13;1-5-7-8(6-2)9(7,3)4;1-2(3)4;1-2/h3-5,7H,6H2,1-2H3;4,7-8H,1-3,5H2,(H,11,13);7-8H,5-6H2,1-4H3;2H,1H3;1-2H3. The van der Waals surface area contributed by atoms with Gasteiger partial charge in [-0.2, -0.15) is 5.26 Å². The third-order valence-corrected chi connectivity index (χ3v) is 8.03. The Labute approximate surface area is 247 Å². The normalized spacial score (nSPS) is 21.3. The summed E-state index contributed by atoms with van der Waals surface area (Å²) in [5, 5.41) is 11.4. The second-order valence-electron chi connectivity index (χ2n) is 11.2. The van der Waals surface area contributed by atoms with Crippen LogP contribution in [-0.2, 0) is 20.8 Å². The molecule has 1 heterocycles. The van der Waals surface area contributed by atoms with Crippen LogP contribution in [0.1, 0.15) is 104 Å². The molecule has 1 saturated heterocycles. The molecule has 1 amide bonds. The van der Waals surface area contributed by atoms with Gasteiger partial charge in [0.1, 0.15) is 6.29 Å². The lowest BCUT2D eigenvalue weighted by atomic mass is 9.92. The van der Waals surface area contributed by atoms with E-state index >= 15 is 0 Å². The summed E-state index contributed by atoms with van der Waals surface area (Å²) < 4.78 is 20.7. The Morgan fingerprint density at radius 3 is 2.12 bits per heavy atom. The topological polar surface area (TPSA) is 87.0 Å². The van der Waals surface area contributed by atoms with Crippen molar-refractivity contribution in [1.82, 2.24) is 5.32 Å². The number of nitriles is 1. The van der Waals surface area contributed by atoms with Crippen molar-refractivity contribution in [3.8, 4) is 6.07 Å². The first-order chi connectivity index (χ1) is 19.3. The molecule has 0 aromatic heterocycles. The molecule has 1 N–H and O–H groups in total. The van der Waals surface area contributed by atoms with E-state index < -0.39 is 6.43 Å². The quantitative estimate of drug-likeness (QED) is 0.333. The lowest BCUT2D eigenvalue weighted by Crippen LogP contribution is -2.20. The number of carbonyl (C=O) groups excluding carboxylic acids is 3. The van der Waals surface area contributed by atoms with E-state index in [0.29, 0.717) is 18.4 Å². The van der Waals surface area contributed by atoms with Crippen LogP contribution < -0.4 is 5.32 Å². The number of nitrogens with one attached hydrogen (secondary N) is 1. The lowest BCUT2D eigenvalue weighted by molar-refractivity contribution is -0.123. The van der Waals surface area contributed by atoms with Crippen LogP contribution in [0, 0.1) is 47.3 Å². The largest absolute Gasteiger partial charge is 0.356 e. The molecular weight excluding hydrogens is 522 g/mol. The van der Waals surface area contributed by atoms with Gasteiger partial charge in [0, 0.05) is 25.3 Å². The number of fused-ring (bicyclic) bond motifs is 1. The molecule has 1 aliphatic heterocycles. The molecule has 0 bridgehead atoms. The summed E-state index contributed by atoms with van der Waals surface area (Å²) in [4.78, 5) is 32.5. The molecule has 2 aliphatic carbocycles. The first kappa shape index (κ1) is 38.1. The van der Waals surface area contributed by atoms with E-state index in [0.717, 1.165) is 43.5 Å². The average molecular weight is 575 g/mol. The SMILES string of the molecule is CC.CC(=O)C1=Cc2c(C)cccc2C1.CC(F)F.CCC1C(CC)C1(C)C.N#CC(CC=O)CC1CCNC1=O. The Kier molecular flexibility index (Phi) is 17.9. The van der Waals surface area contributed by atoms with Crippen LogP contribution in [0.5, 0.6) is 0 Å². The highest BCUT2D eigenvalue weighted by molar-refractivity contribution is 6.00. The first-order valence-corrected chi connectivity index (χ1v) is 15.0. The molecule has 0 radical (unpaired) electrons. The summed E-state index contributed by atoms with van der Waals surface area (Å²) in [6.07, 6.45) is 5.70. The number of aldehydes is 1. The number of ketones is 1. The van der Waals surface area contributed by atoms with Gasteiger partial charge in [-0.05, 0) is 79.2 Å². The van der Waals surface area contributed by atoms with Crippen molar-refractivity contribution < 1.29 is 23.2 Å². The number of benzene rings is 1.